The zero-order chi connectivity index (χ0) is 11.9. The minimum atomic E-state index is -0.269. The molecule has 88 valence electrons. The molecule has 0 bridgehead atoms. The van der Waals surface area contributed by atoms with Crippen molar-refractivity contribution in [3.63, 3.8) is 0 Å². The van der Waals surface area contributed by atoms with E-state index in [9.17, 15) is 0 Å². The smallest absolute Gasteiger partial charge is 0.264 e. The van der Waals surface area contributed by atoms with Crippen molar-refractivity contribution in [2.75, 3.05) is 0 Å². The lowest BCUT2D eigenvalue weighted by Gasteiger charge is -2.10. The van der Waals surface area contributed by atoms with Gasteiger partial charge in [0.1, 0.15) is 0 Å². The third-order valence-corrected chi connectivity index (χ3v) is 3.41. The fourth-order valence-electron chi connectivity index (χ4n) is 2.51. The molecule has 0 fully saturated rings. The molecule has 0 N–H and O–H groups in total. The molecule has 1 aliphatic carbocycles. The van der Waals surface area contributed by atoms with Crippen molar-refractivity contribution in [1.82, 2.24) is 0 Å². The van der Waals surface area contributed by atoms with E-state index in [1.165, 1.54) is 16.7 Å². The van der Waals surface area contributed by atoms with Gasteiger partial charge in [-0.25, -0.2) is 0 Å². The van der Waals surface area contributed by atoms with Gasteiger partial charge in [-0.3, -0.25) is 0 Å². The van der Waals surface area contributed by atoms with Crippen LogP contribution in [-0.4, -0.2) is 6.29 Å². The number of hydrogen-bond acceptors (Lipinski definition) is 2. The Kier molecular flexibility index (Phi) is 1.97. The molecule has 2 nitrogen and oxygen atoms in total. The van der Waals surface area contributed by atoms with Crippen LogP contribution in [0.25, 0.3) is 6.08 Å². The second kappa shape index (κ2) is 3.64. The monoisotopic (exact) mass is 236 g/mol. The van der Waals surface area contributed by atoms with Crippen molar-refractivity contribution in [1.29, 1.82) is 0 Å². The third kappa shape index (κ3) is 1.42. The van der Waals surface area contributed by atoms with E-state index in [4.69, 9.17) is 9.47 Å². The van der Waals surface area contributed by atoms with Crippen LogP contribution >= 0.6 is 0 Å². The van der Waals surface area contributed by atoms with Crippen molar-refractivity contribution in [2.24, 2.45) is 0 Å². The first kappa shape index (κ1) is 9.77. The molecular formula is C16H12O2. The summed E-state index contributed by atoms with van der Waals surface area (Å²) in [7, 11) is 0. The van der Waals surface area contributed by atoms with E-state index in [1.54, 1.807) is 0 Å². The van der Waals surface area contributed by atoms with Gasteiger partial charge in [0.15, 0.2) is 11.5 Å². The Hall–Kier alpha value is -2.22. The molecule has 1 heterocycles. The number of fused-ring (bicyclic) bond motifs is 2. The zero-order valence-electron chi connectivity index (χ0n) is 9.80. The first-order chi connectivity index (χ1) is 8.90. The Balaban J connectivity index is 1.63. The average molecular weight is 236 g/mol. The fourth-order valence-corrected chi connectivity index (χ4v) is 2.51. The number of benzene rings is 2. The molecule has 2 aromatic carbocycles. The molecule has 18 heavy (non-hydrogen) atoms. The van der Waals surface area contributed by atoms with Gasteiger partial charge in [0.25, 0.3) is 6.29 Å². The van der Waals surface area contributed by atoms with Crippen molar-refractivity contribution in [3.05, 3.63) is 65.2 Å². The van der Waals surface area contributed by atoms with E-state index in [2.05, 4.69) is 30.3 Å². The third-order valence-electron chi connectivity index (χ3n) is 3.41. The SMILES string of the molecule is C1=C(C2Oc3ccccc3O2)Cc2ccccc21. The Morgan fingerprint density at radius 2 is 1.50 bits per heavy atom. The van der Waals surface area contributed by atoms with Crippen LogP contribution in [0.15, 0.2) is 54.1 Å². The van der Waals surface area contributed by atoms with Gasteiger partial charge in [0.2, 0.25) is 0 Å². The van der Waals surface area contributed by atoms with E-state index < -0.39 is 0 Å². The lowest BCUT2D eigenvalue weighted by Crippen LogP contribution is -2.20. The Morgan fingerprint density at radius 3 is 2.22 bits per heavy atom. The van der Waals surface area contributed by atoms with E-state index in [0.717, 1.165) is 17.9 Å². The molecule has 2 aliphatic rings. The van der Waals surface area contributed by atoms with Crippen LogP contribution < -0.4 is 9.47 Å². The molecule has 4 rings (SSSR count). The topological polar surface area (TPSA) is 18.5 Å². The number of rotatable bonds is 1. The summed E-state index contributed by atoms with van der Waals surface area (Å²) in [6.45, 7) is 0. The van der Waals surface area contributed by atoms with Gasteiger partial charge >= 0.3 is 0 Å². The first-order valence-electron chi connectivity index (χ1n) is 6.11. The quantitative estimate of drug-likeness (QED) is 0.755. The molecule has 1 aliphatic heterocycles. The molecule has 2 heteroatoms. The molecule has 0 spiro atoms. The highest BCUT2D eigenvalue weighted by molar-refractivity contribution is 5.64. The van der Waals surface area contributed by atoms with Gasteiger partial charge in [0.05, 0.1) is 0 Å². The lowest BCUT2D eigenvalue weighted by molar-refractivity contribution is 0.0832. The van der Waals surface area contributed by atoms with Crippen LogP contribution in [-0.2, 0) is 6.42 Å². The van der Waals surface area contributed by atoms with Crippen molar-refractivity contribution >= 4 is 6.08 Å². The van der Waals surface area contributed by atoms with E-state index in [0.29, 0.717) is 0 Å². The molecule has 0 unspecified atom stereocenters. The van der Waals surface area contributed by atoms with Gasteiger partial charge in [0, 0.05) is 12.0 Å². The van der Waals surface area contributed by atoms with Gasteiger partial charge in [-0.2, -0.15) is 0 Å². The summed E-state index contributed by atoms with van der Waals surface area (Å²) in [6.07, 6.45) is 2.82. The molecule has 0 amide bonds. The minimum Gasteiger partial charge on any atom is -0.447 e. The maximum absolute atomic E-state index is 5.83. The zero-order valence-corrected chi connectivity index (χ0v) is 9.80. The number of para-hydroxylation sites is 2. The van der Waals surface area contributed by atoms with Gasteiger partial charge in [-0.05, 0) is 29.3 Å². The fraction of sp³-hybridized carbons (Fsp3) is 0.125. The molecule has 0 saturated heterocycles. The summed E-state index contributed by atoms with van der Waals surface area (Å²) in [5, 5.41) is 0. The van der Waals surface area contributed by atoms with Crippen LogP contribution in [0.3, 0.4) is 0 Å². The molecular weight excluding hydrogens is 224 g/mol. The lowest BCUT2D eigenvalue weighted by atomic mass is 10.1. The van der Waals surface area contributed by atoms with Gasteiger partial charge < -0.3 is 9.47 Å². The average Bonchev–Trinajstić information content (AvgIpc) is 3.02. The standard InChI is InChI=1S/C16H12O2/c1-2-6-12-10-13(9-11(12)5-1)16-17-14-7-3-4-8-15(14)18-16/h1-9,16H,10H2. The first-order valence-corrected chi connectivity index (χ1v) is 6.11. The van der Waals surface area contributed by atoms with Crippen LogP contribution in [0.2, 0.25) is 0 Å². The second-order valence-corrected chi connectivity index (χ2v) is 4.61. The summed E-state index contributed by atoms with van der Waals surface area (Å²) in [6, 6.07) is 16.2. The van der Waals surface area contributed by atoms with Gasteiger partial charge in [-0.15, -0.1) is 0 Å². The molecule has 0 atom stereocenters. The van der Waals surface area contributed by atoms with Crippen LogP contribution in [0.1, 0.15) is 11.1 Å². The van der Waals surface area contributed by atoms with E-state index in [-0.39, 0.29) is 6.29 Å². The van der Waals surface area contributed by atoms with Crippen molar-refractivity contribution in [2.45, 2.75) is 12.7 Å². The number of ether oxygens (including phenoxy) is 2. The predicted molar refractivity (Wildman–Crippen MR) is 69.6 cm³/mol. The highest BCUT2D eigenvalue weighted by Gasteiger charge is 2.29. The maximum Gasteiger partial charge on any atom is 0.264 e. The Bertz CT molecular complexity index is 618. The molecule has 0 radical (unpaired) electrons. The van der Waals surface area contributed by atoms with E-state index >= 15 is 0 Å². The predicted octanol–water partition coefficient (Wildman–Crippen LogP) is 3.42. The van der Waals surface area contributed by atoms with Crippen LogP contribution in [0, 0.1) is 0 Å². The highest BCUT2D eigenvalue weighted by atomic mass is 16.7. The highest BCUT2D eigenvalue weighted by Crippen LogP contribution is 2.38. The molecule has 0 aromatic heterocycles. The largest absolute Gasteiger partial charge is 0.447 e. The second-order valence-electron chi connectivity index (χ2n) is 4.61. The molecule has 0 saturated carbocycles. The number of hydrogen-bond donors (Lipinski definition) is 0. The van der Waals surface area contributed by atoms with Crippen molar-refractivity contribution < 1.29 is 9.47 Å². The summed E-state index contributed by atoms with van der Waals surface area (Å²) in [4.78, 5) is 0. The van der Waals surface area contributed by atoms with Gasteiger partial charge in [-0.1, -0.05) is 36.4 Å². The molecule has 2 aromatic rings. The minimum absolute atomic E-state index is 0.269. The summed E-state index contributed by atoms with van der Waals surface area (Å²) < 4.78 is 11.7. The summed E-state index contributed by atoms with van der Waals surface area (Å²) in [5.74, 6) is 1.67. The van der Waals surface area contributed by atoms with Crippen LogP contribution in [0.4, 0.5) is 0 Å². The normalized spacial score (nSPS) is 16.6. The van der Waals surface area contributed by atoms with E-state index in [1.807, 2.05) is 24.3 Å². The maximum atomic E-state index is 5.83. The summed E-state index contributed by atoms with van der Waals surface area (Å²) >= 11 is 0. The van der Waals surface area contributed by atoms with Crippen molar-refractivity contribution in [3.8, 4) is 11.5 Å². The summed E-state index contributed by atoms with van der Waals surface area (Å²) in [5.41, 5.74) is 3.80. The Labute approximate surface area is 105 Å². The van der Waals surface area contributed by atoms with Crippen LogP contribution in [0.5, 0.6) is 11.5 Å². The Morgan fingerprint density at radius 1 is 0.833 bits per heavy atom.